The van der Waals surface area contributed by atoms with Crippen LogP contribution in [-0.4, -0.2) is 18.9 Å². The molecule has 1 heterocycles. The summed E-state index contributed by atoms with van der Waals surface area (Å²) in [7, 11) is 0. The van der Waals surface area contributed by atoms with Crippen molar-refractivity contribution in [1.29, 1.82) is 0 Å². The van der Waals surface area contributed by atoms with Crippen LogP contribution in [0, 0.1) is 11.7 Å². The molecule has 1 aromatic carbocycles. The second-order valence-electron chi connectivity index (χ2n) is 5.18. The molecule has 0 saturated carbocycles. The summed E-state index contributed by atoms with van der Waals surface area (Å²) < 4.78 is 13.6. The monoisotopic (exact) mass is 327 g/mol. The van der Waals surface area contributed by atoms with Crippen LogP contribution in [0.3, 0.4) is 0 Å². The van der Waals surface area contributed by atoms with Crippen LogP contribution < -0.4 is 5.32 Å². The second-order valence-corrected chi connectivity index (χ2v) is 6.04. The van der Waals surface area contributed by atoms with Crippen LogP contribution in [-0.2, 0) is 11.2 Å². The maximum atomic E-state index is 13.0. The van der Waals surface area contributed by atoms with Gasteiger partial charge in [0.05, 0.1) is 0 Å². The van der Waals surface area contributed by atoms with Crippen molar-refractivity contribution in [3.8, 4) is 0 Å². The van der Waals surface area contributed by atoms with E-state index in [-0.39, 0.29) is 11.6 Å². The predicted octanol–water partition coefficient (Wildman–Crippen LogP) is 3.48. The largest absolute Gasteiger partial charge is 0.317 e. The Morgan fingerprint density at radius 2 is 2.11 bits per heavy atom. The Hall–Kier alpha value is -0.740. The number of hydrogen-bond donors (Lipinski definition) is 1. The van der Waals surface area contributed by atoms with Gasteiger partial charge in [-0.25, -0.2) is 4.39 Å². The summed E-state index contributed by atoms with van der Waals surface area (Å²) in [5.74, 6) is 0.644. The molecule has 1 N–H and O–H groups in total. The predicted molar refractivity (Wildman–Crippen MR) is 77.6 cm³/mol. The molecular weight excluding hydrogens is 309 g/mol. The van der Waals surface area contributed by atoms with E-state index in [0.717, 1.165) is 25.1 Å². The fourth-order valence-corrected chi connectivity index (χ4v) is 2.99. The van der Waals surface area contributed by atoms with Gasteiger partial charge in [0, 0.05) is 17.3 Å². The number of carbonyl (C=O) groups excluding carboxylic acids is 1. The van der Waals surface area contributed by atoms with Crippen LogP contribution in [0.25, 0.3) is 0 Å². The van der Waals surface area contributed by atoms with Crippen LogP contribution >= 0.6 is 15.9 Å². The summed E-state index contributed by atoms with van der Waals surface area (Å²) in [5, 5.41) is 3.33. The van der Waals surface area contributed by atoms with Crippen LogP contribution in [0.4, 0.5) is 4.39 Å². The maximum Gasteiger partial charge on any atom is 0.137 e. The fraction of sp³-hybridized carbons (Fsp3) is 0.533. The Balaban J connectivity index is 1.80. The summed E-state index contributed by atoms with van der Waals surface area (Å²) >= 11 is 3.30. The molecular formula is C15H19BrFNO. The highest BCUT2D eigenvalue weighted by Gasteiger charge is 2.15. The number of hydrogen-bond acceptors (Lipinski definition) is 2. The van der Waals surface area contributed by atoms with E-state index in [0.29, 0.717) is 23.2 Å². The van der Waals surface area contributed by atoms with Gasteiger partial charge in [-0.1, -0.05) is 22.0 Å². The lowest BCUT2D eigenvalue weighted by molar-refractivity contribution is -0.118. The third-order valence-electron chi connectivity index (χ3n) is 3.69. The van der Waals surface area contributed by atoms with Gasteiger partial charge >= 0.3 is 0 Å². The minimum atomic E-state index is -0.280. The minimum absolute atomic E-state index is 0.242. The van der Waals surface area contributed by atoms with E-state index in [2.05, 4.69) is 21.2 Å². The normalized spacial score (nSPS) is 16.5. The van der Waals surface area contributed by atoms with Crippen molar-refractivity contribution in [3.05, 3.63) is 34.1 Å². The number of ketones is 1. The first-order chi connectivity index (χ1) is 9.15. The summed E-state index contributed by atoms with van der Waals surface area (Å²) in [6, 6.07) is 4.50. The molecule has 19 heavy (non-hydrogen) atoms. The van der Waals surface area contributed by atoms with Crippen molar-refractivity contribution >= 4 is 21.7 Å². The van der Waals surface area contributed by atoms with Gasteiger partial charge < -0.3 is 5.32 Å². The Labute approximate surface area is 121 Å². The Morgan fingerprint density at radius 3 is 2.79 bits per heavy atom. The smallest absolute Gasteiger partial charge is 0.137 e. The van der Waals surface area contributed by atoms with Gasteiger partial charge in [0.1, 0.15) is 11.6 Å². The standard InChI is InChI=1S/C15H19BrFNO/c16-15-10-13(17)3-2-12(15)9-14(19)4-1-11-5-7-18-8-6-11/h2-3,10-11,18H,1,4-9H2. The summed E-state index contributed by atoms with van der Waals surface area (Å²) in [4.78, 5) is 12.0. The average Bonchev–Trinajstić information content (AvgIpc) is 2.41. The molecule has 0 bridgehead atoms. The third kappa shape index (κ3) is 4.69. The SMILES string of the molecule is O=C(CCC1CCNCC1)Cc1ccc(F)cc1Br. The van der Waals surface area contributed by atoms with Crippen molar-refractivity contribution in [2.45, 2.75) is 32.1 Å². The van der Waals surface area contributed by atoms with E-state index < -0.39 is 0 Å². The van der Waals surface area contributed by atoms with Gasteiger partial charge in [0.25, 0.3) is 0 Å². The summed E-state index contributed by atoms with van der Waals surface area (Å²) in [5.41, 5.74) is 0.872. The number of benzene rings is 1. The van der Waals surface area contributed by atoms with Crippen LogP contribution in [0.5, 0.6) is 0 Å². The first kappa shape index (κ1) is 14.7. The number of carbonyl (C=O) groups is 1. The minimum Gasteiger partial charge on any atom is -0.317 e. The quantitative estimate of drug-likeness (QED) is 0.897. The molecule has 0 spiro atoms. The summed E-state index contributed by atoms with van der Waals surface area (Å²) in [6.45, 7) is 2.14. The first-order valence-corrected chi connectivity index (χ1v) is 7.61. The van der Waals surface area contributed by atoms with Crippen LogP contribution in [0.1, 0.15) is 31.2 Å². The highest BCUT2D eigenvalue weighted by atomic mass is 79.9. The molecule has 2 nitrogen and oxygen atoms in total. The number of Topliss-reactive ketones (excluding diaryl/α,β-unsaturated/α-hetero) is 1. The molecule has 0 aliphatic carbocycles. The van der Waals surface area contributed by atoms with Crippen molar-refractivity contribution in [2.24, 2.45) is 5.92 Å². The van der Waals surface area contributed by atoms with Gasteiger partial charge in [-0.2, -0.15) is 0 Å². The maximum absolute atomic E-state index is 13.0. The highest BCUT2D eigenvalue weighted by Crippen LogP contribution is 2.21. The zero-order chi connectivity index (χ0) is 13.7. The lowest BCUT2D eigenvalue weighted by Gasteiger charge is -2.22. The van der Waals surface area contributed by atoms with Gasteiger partial charge in [-0.15, -0.1) is 0 Å². The number of piperidine rings is 1. The van der Waals surface area contributed by atoms with Crippen LogP contribution in [0.2, 0.25) is 0 Å². The van der Waals surface area contributed by atoms with Gasteiger partial charge in [-0.05, 0) is 56.0 Å². The highest BCUT2D eigenvalue weighted by molar-refractivity contribution is 9.10. The molecule has 1 saturated heterocycles. The molecule has 0 amide bonds. The summed E-state index contributed by atoms with van der Waals surface area (Å²) in [6.07, 6.45) is 4.36. The molecule has 0 aromatic heterocycles. The van der Waals surface area contributed by atoms with Gasteiger partial charge in [0.2, 0.25) is 0 Å². The molecule has 0 radical (unpaired) electrons. The van der Waals surface area contributed by atoms with Crippen molar-refractivity contribution in [2.75, 3.05) is 13.1 Å². The lowest BCUT2D eigenvalue weighted by Crippen LogP contribution is -2.28. The molecule has 1 fully saturated rings. The zero-order valence-corrected chi connectivity index (χ0v) is 12.5. The van der Waals surface area contributed by atoms with Crippen molar-refractivity contribution in [3.63, 3.8) is 0 Å². The number of nitrogens with one attached hydrogen (secondary N) is 1. The van der Waals surface area contributed by atoms with E-state index in [1.165, 1.54) is 25.0 Å². The molecule has 0 unspecified atom stereocenters. The zero-order valence-electron chi connectivity index (χ0n) is 10.9. The molecule has 104 valence electrons. The Kier molecular flexibility index (Phi) is 5.52. The molecule has 2 rings (SSSR count). The first-order valence-electron chi connectivity index (χ1n) is 6.81. The Morgan fingerprint density at radius 1 is 1.37 bits per heavy atom. The topological polar surface area (TPSA) is 29.1 Å². The molecule has 1 aliphatic heterocycles. The molecule has 4 heteroatoms. The van der Waals surface area contributed by atoms with E-state index in [9.17, 15) is 9.18 Å². The molecule has 0 atom stereocenters. The Bertz CT molecular complexity index is 444. The lowest BCUT2D eigenvalue weighted by atomic mass is 9.91. The third-order valence-corrected chi connectivity index (χ3v) is 4.43. The van der Waals surface area contributed by atoms with Crippen LogP contribution in [0.15, 0.2) is 22.7 Å². The van der Waals surface area contributed by atoms with E-state index in [4.69, 9.17) is 0 Å². The molecule has 1 aliphatic rings. The molecule has 1 aromatic rings. The fourth-order valence-electron chi connectivity index (χ4n) is 2.50. The van der Waals surface area contributed by atoms with E-state index >= 15 is 0 Å². The number of halogens is 2. The van der Waals surface area contributed by atoms with E-state index in [1.54, 1.807) is 6.07 Å². The van der Waals surface area contributed by atoms with Crippen molar-refractivity contribution < 1.29 is 9.18 Å². The number of rotatable bonds is 5. The van der Waals surface area contributed by atoms with Crippen molar-refractivity contribution in [1.82, 2.24) is 5.32 Å². The van der Waals surface area contributed by atoms with Gasteiger partial charge in [-0.3, -0.25) is 4.79 Å². The average molecular weight is 328 g/mol. The van der Waals surface area contributed by atoms with Gasteiger partial charge in [0.15, 0.2) is 0 Å². The van der Waals surface area contributed by atoms with E-state index in [1.807, 2.05) is 0 Å². The second kappa shape index (κ2) is 7.15.